The minimum Gasteiger partial charge on any atom is -0.438 e. The number of para-hydroxylation sites is 2. The molecule has 0 aliphatic rings. The summed E-state index contributed by atoms with van der Waals surface area (Å²) in [5, 5.41) is 4.81. The molecule has 2 aromatic heterocycles. The minimum atomic E-state index is -0.280. The van der Waals surface area contributed by atoms with Crippen molar-refractivity contribution < 1.29 is 9.21 Å². The van der Waals surface area contributed by atoms with E-state index in [2.05, 4.69) is 10.3 Å². The quantitative estimate of drug-likeness (QED) is 0.746. The van der Waals surface area contributed by atoms with Gasteiger partial charge in [-0.1, -0.05) is 18.2 Å². The van der Waals surface area contributed by atoms with Crippen molar-refractivity contribution >= 4 is 34.4 Å². The van der Waals surface area contributed by atoms with E-state index >= 15 is 0 Å². The lowest BCUT2D eigenvalue weighted by molar-refractivity contribution is -0.117. The van der Waals surface area contributed by atoms with Crippen LogP contribution in [0.3, 0.4) is 0 Å². The molecule has 1 aromatic carbocycles. The van der Waals surface area contributed by atoms with Crippen molar-refractivity contribution in [2.24, 2.45) is 0 Å². The molecule has 0 fully saturated rings. The van der Waals surface area contributed by atoms with Crippen molar-refractivity contribution in [3.05, 3.63) is 58.6 Å². The molecule has 3 rings (SSSR count). The van der Waals surface area contributed by atoms with Crippen LogP contribution in [0, 0.1) is 0 Å². The molecule has 0 spiro atoms. The summed E-state index contributed by atoms with van der Waals surface area (Å²) in [6, 6.07) is 11.2. The fourth-order valence-electron chi connectivity index (χ4n) is 1.94. The summed E-state index contributed by atoms with van der Waals surface area (Å²) in [6.45, 7) is 1.85. The summed E-state index contributed by atoms with van der Waals surface area (Å²) in [6.07, 6.45) is 3.31. The second-order valence-electron chi connectivity index (χ2n) is 4.60. The SMILES string of the molecule is CC(NC(=O)/C=C/c1cccs1)c1nc2ccccc2o1. The summed E-state index contributed by atoms with van der Waals surface area (Å²) >= 11 is 1.59. The fourth-order valence-corrected chi connectivity index (χ4v) is 2.56. The van der Waals surface area contributed by atoms with Crippen LogP contribution >= 0.6 is 11.3 Å². The van der Waals surface area contributed by atoms with Crippen LogP contribution in [0.4, 0.5) is 0 Å². The monoisotopic (exact) mass is 298 g/mol. The van der Waals surface area contributed by atoms with Gasteiger partial charge in [-0.3, -0.25) is 4.79 Å². The summed E-state index contributed by atoms with van der Waals surface area (Å²) in [5.41, 5.74) is 1.52. The number of aromatic nitrogens is 1. The zero-order valence-electron chi connectivity index (χ0n) is 11.4. The van der Waals surface area contributed by atoms with Gasteiger partial charge in [0.15, 0.2) is 5.58 Å². The molecule has 0 saturated carbocycles. The van der Waals surface area contributed by atoms with E-state index in [1.807, 2.05) is 48.7 Å². The Morgan fingerprint density at radius 2 is 2.19 bits per heavy atom. The van der Waals surface area contributed by atoms with Crippen LogP contribution in [-0.4, -0.2) is 10.9 Å². The first-order valence-electron chi connectivity index (χ1n) is 6.60. The number of carbonyl (C=O) groups excluding carboxylic acids is 1. The topological polar surface area (TPSA) is 55.1 Å². The van der Waals surface area contributed by atoms with E-state index in [9.17, 15) is 4.79 Å². The maximum atomic E-state index is 11.9. The Labute approximate surface area is 126 Å². The number of carbonyl (C=O) groups is 1. The molecule has 1 N–H and O–H groups in total. The Hall–Kier alpha value is -2.40. The summed E-state index contributed by atoms with van der Waals surface area (Å²) < 4.78 is 5.63. The van der Waals surface area contributed by atoms with Crippen molar-refractivity contribution in [1.82, 2.24) is 10.3 Å². The number of amides is 1. The van der Waals surface area contributed by atoms with Crippen LogP contribution < -0.4 is 5.32 Å². The number of thiophene rings is 1. The van der Waals surface area contributed by atoms with Gasteiger partial charge < -0.3 is 9.73 Å². The Balaban J connectivity index is 1.67. The normalized spacial score (nSPS) is 12.8. The molecule has 0 radical (unpaired) electrons. The lowest BCUT2D eigenvalue weighted by Gasteiger charge is -2.07. The van der Waals surface area contributed by atoms with Crippen LogP contribution in [0.5, 0.6) is 0 Å². The maximum Gasteiger partial charge on any atom is 0.244 e. The third-order valence-corrected chi connectivity index (χ3v) is 3.82. The molecule has 4 nitrogen and oxygen atoms in total. The zero-order valence-corrected chi connectivity index (χ0v) is 12.3. The molecular weight excluding hydrogens is 284 g/mol. The molecule has 1 atom stereocenters. The Morgan fingerprint density at radius 3 is 2.95 bits per heavy atom. The highest BCUT2D eigenvalue weighted by molar-refractivity contribution is 7.10. The standard InChI is InChI=1S/C16H14N2O2S/c1-11(16-18-13-6-2-3-7-14(13)20-16)17-15(19)9-8-12-5-4-10-21-12/h2-11H,1H3,(H,17,19)/b9-8+. The molecule has 21 heavy (non-hydrogen) atoms. The van der Waals surface area contributed by atoms with E-state index in [1.54, 1.807) is 17.4 Å². The molecule has 106 valence electrons. The van der Waals surface area contributed by atoms with Gasteiger partial charge in [-0.2, -0.15) is 0 Å². The number of oxazole rings is 1. The number of hydrogen-bond donors (Lipinski definition) is 1. The molecule has 5 heteroatoms. The third kappa shape index (κ3) is 3.20. The van der Waals surface area contributed by atoms with Gasteiger partial charge in [-0.05, 0) is 36.6 Å². The predicted octanol–water partition coefficient (Wildman–Crippen LogP) is 3.78. The maximum absolute atomic E-state index is 11.9. The van der Waals surface area contributed by atoms with Crippen molar-refractivity contribution in [2.75, 3.05) is 0 Å². The number of nitrogens with one attached hydrogen (secondary N) is 1. The zero-order chi connectivity index (χ0) is 14.7. The largest absolute Gasteiger partial charge is 0.438 e. The first-order valence-corrected chi connectivity index (χ1v) is 7.48. The average molecular weight is 298 g/mol. The molecule has 2 heterocycles. The van der Waals surface area contributed by atoms with Crippen molar-refractivity contribution in [2.45, 2.75) is 13.0 Å². The van der Waals surface area contributed by atoms with Gasteiger partial charge in [0.2, 0.25) is 11.8 Å². The molecule has 1 unspecified atom stereocenters. The van der Waals surface area contributed by atoms with E-state index in [4.69, 9.17) is 4.42 Å². The summed E-state index contributed by atoms with van der Waals surface area (Å²) in [4.78, 5) is 17.3. The highest BCUT2D eigenvalue weighted by Crippen LogP contribution is 2.19. The van der Waals surface area contributed by atoms with E-state index in [0.717, 1.165) is 16.0 Å². The van der Waals surface area contributed by atoms with E-state index in [0.29, 0.717) is 5.89 Å². The van der Waals surface area contributed by atoms with Gasteiger partial charge in [0.05, 0.1) is 0 Å². The average Bonchev–Trinajstić information content (AvgIpc) is 3.14. The second kappa shape index (κ2) is 5.93. The first-order chi connectivity index (χ1) is 10.2. The van der Waals surface area contributed by atoms with Crippen LogP contribution in [0.1, 0.15) is 23.7 Å². The van der Waals surface area contributed by atoms with Gasteiger partial charge >= 0.3 is 0 Å². The van der Waals surface area contributed by atoms with Gasteiger partial charge in [-0.15, -0.1) is 11.3 Å². The molecular formula is C16H14N2O2S. The molecule has 0 saturated heterocycles. The molecule has 0 bridgehead atoms. The molecule has 1 amide bonds. The van der Waals surface area contributed by atoms with Gasteiger partial charge in [0, 0.05) is 11.0 Å². The molecule has 0 aliphatic carbocycles. The fraction of sp³-hybridized carbons (Fsp3) is 0.125. The Kier molecular flexibility index (Phi) is 3.83. The van der Waals surface area contributed by atoms with Crippen LogP contribution in [0.15, 0.2) is 52.3 Å². The smallest absolute Gasteiger partial charge is 0.244 e. The van der Waals surface area contributed by atoms with Crippen LogP contribution in [-0.2, 0) is 4.79 Å². The van der Waals surface area contributed by atoms with Gasteiger partial charge in [-0.25, -0.2) is 4.98 Å². The van der Waals surface area contributed by atoms with Crippen LogP contribution in [0.2, 0.25) is 0 Å². The van der Waals surface area contributed by atoms with Crippen molar-refractivity contribution in [3.8, 4) is 0 Å². The number of hydrogen-bond acceptors (Lipinski definition) is 4. The molecule has 3 aromatic rings. The second-order valence-corrected chi connectivity index (χ2v) is 5.58. The number of nitrogens with zero attached hydrogens (tertiary/aromatic N) is 1. The Bertz CT molecular complexity index is 742. The van der Waals surface area contributed by atoms with Crippen molar-refractivity contribution in [1.29, 1.82) is 0 Å². The van der Waals surface area contributed by atoms with Gasteiger partial charge in [0.25, 0.3) is 0 Å². The van der Waals surface area contributed by atoms with E-state index in [-0.39, 0.29) is 11.9 Å². The van der Waals surface area contributed by atoms with Crippen molar-refractivity contribution in [3.63, 3.8) is 0 Å². The summed E-state index contributed by atoms with van der Waals surface area (Å²) in [5.74, 6) is 0.340. The highest BCUT2D eigenvalue weighted by atomic mass is 32.1. The lowest BCUT2D eigenvalue weighted by Crippen LogP contribution is -2.24. The number of fused-ring (bicyclic) bond motifs is 1. The van der Waals surface area contributed by atoms with Crippen LogP contribution in [0.25, 0.3) is 17.2 Å². The first kappa shape index (κ1) is 13.6. The predicted molar refractivity (Wildman–Crippen MR) is 83.9 cm³/mol. The van der Waals surface area contributed by atoms with Gasteiger partial charge in [0.1, 0.15) is 11.6 Å². The minimum absolute atomic E-state index is 0.168. The summed E-state index contributed by atoms with van der Waals surface area (Å²) in [7, 11) is 0. The Morgan fingerprint density at radius 1 is 1.33 bits per heavy atom. The lowest BCUT2D eigenvalue weighted by atomic mass is 10.3. The number of benzene rings is 1. The number of rotatable bonds is 4. The highest BCUT2D eigenvalue weighted by Gasteiger charge is 2.14. The van der Waals surface area contributed by atoms with E-state index in [1.165, 1.54) is 6.08 Å². The molecule has 0 aliphatic heterocycles. The third-order valence-electron chi connectivity index (χ3n) is 2.98. The van der Waals surface area contributed by atoms with E-state index < -0.39 is 0 Å².